The van der Waals surface area contributed by atoms with Crippen LogP contribution in [0, 0.1) is 5.92 Å². The molecule has 0 aliphatic heterocycles. The number of nitrogens with one attached hydrogen (secondary N) is 2. The van der Waals surface area contributed by atoms with Gasteiger partial charge in [-0.15, -0.1) is 0 Å². The van der Waals surface area contributed by atoms with Crippen LogP contribution in [0.4, 0.5) is 11.4 Å². The van der Waals surface area contributed by atoms with Gasteiger partial charge in [0.15, 0.2) is 0 Å². The maximum Gasteiger partial charge on any atom is 0.0547 e. The monoisotopic (exact) mass is 193 g/mol. The van der Waals surface area contributed by atoms with Crippen molar-refractivity contribution in [3.63, 3.8) is 0 Å². The molecule has 0 fully saturated rings. The fourth-order valence-electron chi connectivity index (χ4n) is 1.16. The van der Waals surface area contributed by atoms with Gasteiger partial charge < -0.3 is 10.6 Å². The zero-order valence-corrected chi connectivity index (χ0v) is 9.17. The van der Waals surface area contributed by atoms with Crippen molar-refractivity contribution in [1.29, 1.82) is 0 Å². The lowest BCUT2D eigenvalue weighted by molar-refractivity contribution is 0.688. The fourth-order valence-corrected chi connectivity index (χ4v) is 1.16. The summed E-state index contributed by atoms with van der Waals surface area (Å²) >= 11 is 0. The molecule has 78 valence electrons. The highest BCUT2D eigenvalue weighted by Crippen LogP contribution is 2.12. The Kier molecular flexibility index (Phi) is 4.23. The number of aromatic nitrogens is 1. The molecule has 0 unspecified atom stereocenters. The summed E-state index contributed by atoms with van der Waals surface area (Å²) in [6.45, 7) is 8.37. The highest BCUT2D eigenvalue weighted by Gasteiger charge is 1.96. The van der Waals surface area contributed by atoms with E-state index in [4.69, 9.17) is 0 Å². The van der Waals surface area contributed by atoms with Crippen molar-refractivity contribution < 1.29 is 0 Å². The summed E-state index contributed by atoms with van der Waals surface area (Å²) in [5.74, 6) is 0.651. The number of pyridine rings is 1. The predicted octanol–water partition coefficient (Wildman–Crippen LogP) is 2.58. The van der Waals surface area contributed by atoms with Gasteiger partial charge in [0.05, 0.1) is 23.8 Å². The van der Waals surface area contributed by atoms with Crippen LogP contribution >= 0.6 is 0 Å². The van der Waals surface area contributed by atoms with E-state index >= 15 is 0 Å². The Morgan fingerprint density at radius 3 is 2.43 bits per heavy atom. The van der Waals surface area contributed by atoms with Crippen LogP contribution in [0.5, 0.6) is 0 Å². The van der Waals surface area contributed by atoms with Crippen LogP contribution in [0.2, 0.25) is 0 Å². The molecule has 0 aromatic carbocycles. The number of hydrogen-bond acceptors (Lipinski definition) is 3. The largest absolute Gasteiger partial charge is 0.384 e. The van der Waals surface area contributed by atoms with Crippen molar-refractivity contribution in [3.05, 3.63) is 18.5 Å². The number of hydrogen-bond donors (Lipinski definition) is 2. The summed E-state index contributed by atoms with van der Waals surface area (Å²) in [5.41, 5.74) is 2.15. The van der Waals surface area contributed by atoms with Gasteiger partial charge in [0.25, 0.3) is 0 Å². The first-order chi connectivity index (χ1) is 6.72. The van der Waals surface area contributed by atoms with Gasteiger partial charge in [-0.3, -0.25) is 4.98 Å². The van der Waals surface area contributed by atoms with E-state index in [1.807, 2.05) is 12.4 Å². The quantitative estimate of drug-likeness (QED) is 0.754. The molecule has 0 amide bonds. The summed E-state index contributed by atoms with van der Waals surface area (Å²) in [5, 5.41) is 6.57. The van der Waals surface area contributed by atoms with Gasteiger partial charge in [-0.05, 0) is 18.9 Å². The molecule has 0 aliphatic carbocycles. The molecule has 1 aromatic heterocycles. The molecular weight excluding hydrogens is 174 g/mol. The highest BCUT2D eigenvalue weighted by atomic mass is 14.9. The molecule has 1 rings (SSSR count). The maximum absolute atomic E-state index is 4.16. The Hall–Kier alpha value is -1.25. The van der Waals surface area contributed by atoms with Crippen molar-refractivity contribution in [3.8, 4) is 0 Å². The first kappa shape index (κ1) is 10.8. The Balaban J connectivity index is 2.54. The molecule has 1 heterocycles. The van der Waals surface area contributed by atoms with Crippen LogP contribution in [0.1, 0.15) is 20.8 Å². The molecule has 3 heteroatoms. The highest BCUT2D eigenvalue weighted by molar-refractivity contribution is 5.53. The zero-order valence-electron chi connectivity index (χ0n) is 9.17. The summed E-state index contributed by atoms with van der Waals surface area (Å²) in [6.07, 6.45) is 3.69. The average molecular weight is 193 g/mol. The van der Waals surface area contributed by atoms with Crippen molar-refractivity contribution >= 4 is 11.4 Å². The van der Waals surface area contributed by atoms with Gasteiger partial charge in [0.1, 0.15) is 0 Å². The molecule has 3 nitrogen and oxygen atoms in total. The molecule has 2 N–H and O–H groups in total. The summed E-state index contributed by atoms with van der Waals surface area (Å²) in [6, 6.07) is 2.08. The minimum atomic E-state index is 0.651. The molecule has 0 saturated carbocycles. The first-order valence-electron chi connectivity index (χ1n) is 5.15. The lowest BCUT2D eigenvalue weighted by Gasteiger charge is -2.10. The topological polar surface area (TPSA) is 37.0 Å². The molecule has 0 saturated heterocycles. The second-order valence-electron chi connectivity index (χ2n) is 3.77. The molecule has 14 heavy (non-hydrogen) atoms. The standard InChI is InChI=1S/C11H19N3/c1-4-13-10-5-11(8-12-7-10)14-6-9(2)3/h5,7-9,13-14H,4,6H2,1-3H3. The SMILES string of the molecule is CCNc1cncc(NCC(C)C)c1. The minimum absolute atomic E-state index is 0.651. The second kappa shape index (κ2) is 5.47. The Labute approximate surface area is 85.9 Å². The van der Waals surface area contributed by atoms with E-state index in [-0.39, 0.29) is 0 Å². The Morgan fingerprint density at radius 2 is 1.86 bits per heavy atom. The van der Waals surface area contributed by atoms with E-state index in [1.54, 1.807) is 0 Å². The number of anilines is 2. The maximum atomic E-state index is 4.16. The van der Waals surface area contributed by atoms with Crippen LogP contribution in [-0.4, -0.2) is 18.1 Å². The van der Waals surface area contributed by atoms with Gasteiger partial charge in [0.2, 0.25) is 0 Å². The third-order valence-electron chi connectivity index (χ3n) is 1.83. The van der Waals surface area contributed by atoms with Crippen molar-refractivity contribution in [2.75, 3.05) is 23.7 Å². The van der Waals surface area contributed by atoms with E-state index in [1.165, 1.54) is 0 Å². The van der Waals surface area contributed by atoms with Crippen LogP contribution in [0.3, 0.4) is 0 Å². The smallest absolute Gasteiger partial charge is 0.0547 e. The van der Waals surface area contributed by atoms with Gasteiger partial charge >= 0.3 is 0 Å². The number of nitrogens with zero attached hydrogens (tertiary/aromatic N) is 1. The lowest BCUT2D eigenvalue weighted by atomic mass is 10.2. The van der Waals surface area contributed by atoms with Gasteiger partial charge in [0, 0.05) is 13.1 Å². The normalized spacial score (nSPS) is 10.3. The van der Waals surface area contributed by atoms with Gasteiger partial charge in [-0.1, -0.05) is 13.8 Å². The number of rotatable bonds is 5. The molecule has 0 radical (unpaired) electrons. The Bertz CT molecular complexity index is 271. The van der Waals surface area contributed by atoms with Crippen LogP contribution in [0.15, 0.2) is 18.5 Å². The van der Waals surface area contributed by atoms with Gasteiger partial charge in [-0.2, -0.15) is 0 Å². The second-order valence-corrected chi connectivity index (χ2v) is 3.77. The minimum Gasteiger partial charge on any atom is -0.384 e. The molecule has 1 aromatic rings. The van der Waals surface area contributed by atoms with Crippen molar-refractivity contribution in [2.24, 2.45) is 5.92 Å². The predicted molar refractivity (Wildman–Crippen MR) is 61.7 cm³/mol. The molecule has 0 bridgehead atoms. The van der Waals surface area contributed by atoms with E-state index < -0.39 is 0 Å². The van der Waals surface area contributed by atoms with E-state index in [0.717, 1.165) is 24.5 Å². The van der Waals surface area contributed by atoms with Crippen LogP contribution in [0.25, 0.3) is 0 Å². The van der Waals surface area contributed by atoms with E-state index in [0.29, 0.717) is 5.92 Å². The van der Waals surface area contributed by atoms with Gasteiger partial charge in [-0.25, -0.2) is 0 Å². The average Bonchev–Trinajstić information content (AvgIpc) is 2.16. The molecular formula is C11H19N3. The van der Waals surface area contributed by atoms with Crippen LogP contribution in [-0.2, 0) is 0 Å². The summed E-state index contributed by atoms with van der Waals surface area (Å²) < 4.78 is 0. The summed E-state index contributed by atoms with van der Waals surface area (Å²) in [7, 11) is 0. The lowest BCUT2D eigenvalue weighted by Crippen LogP contribution is -2.08. The first-order valence-corrected chi connectivity index (χ1v) is 5.15. The van der Waals surface area contributed by atoms with E-state index in [2.05, 4.69) is 42.5 Å². The molecule has 0 aliphatic rings. The van der Waals surface area contributed by atoms with Crippen molar-refractivity contribution in [1.82, 2.24) is 4.98 Å². The van der Waals surface area contributed by atoms with Crippen LogP contribution < -0.4 is 10.6 Å². The molecule has 0 spiro atoms. The fraction of sp³-hybridized carbons (Fsp3) is 0.545. The third-order valence-corrected chi connectivity index (χ3v) is 1.83. The Morgan fingerprint density at radius 1 is 1.21 bits per heavy atom. The zero-order chi connectivity index (χ0) is 10.4. The molecule has 0 atom stereocenters. The van der Waals surface area contributed by atoms with Crippen molar-refractivity contribution in [2.45, 2.75) is 20.8 Å². The third kappa shape index (κ3) is 3.64. The summed E-state index contributed by atoms with van der Waals surface area (Å²) in [4.78, 5) is 4.16. The van der Waals surface area contributed by atoms with E-state index in [9.17, 15) is 0 Å².